The molecule has 0 spiro atoms. The highest BCUT2D eigenvalue weighted by Crippen LogP contribution is 2.37. The molecule has 0 aliphatic heterocycles. The number of nitrogens with one attached hydrogen (secondary N) is 3. The Labute approximate surface area is 473 Å². The van der Waals surface area contributed by atoms with E-state index in [1.807, 2.05) is 101 Å². The summed E-state index contributed by atoms with van der Waals surface area (Å²) in [5.74, 6) is 6.18. The molecular formula is C65H73N13O3. The van der Waals surface area contributed by atoms with Crippen LogP contribution in [0.5, 0.6) is 0 Å². The molecule has 3 N–H and O–H groups in total. The Bertz CT molecular complexity index is 3990. The third kappa shape index (κ3) is 12.0. The summed E-state index contributed by atoms with van der Waals surface area (Å²) in [6.45, 7) is 25.5. The molecule has 0 unspecified atom stereocenters. The van der Waals surface area contributed by atoms with E-state index in [1.54, 1.807) is 6.20 Å². The first-order chi connectivity index (χ1) is 38.6. The number of imidazole rings is 3. The molecule has 416 valence electrons. The number of hydrogen-bond donors (Lipinski definition) is 3. The second kappa shape index (κ2) is 24.0. The van der Waals surface area contributed by atoms with Crippen molar-refractivity contribution in [3.63, 3.8) is 0 Å². The van der Waals surface area contributed by atoms with E-state index in [2.05, 4.69) is 166 Å². The zero-order valence-electron chi connectivity index (χ0n) is 47.7. The van der Waals surface area contributed by atoms with E-state index in [0.29, 0.717) is 11.8 Å². The van der Waals surface area contributed by atoms with Gasteiger partial charge in [-0.1, -0.05) is 121 Å². The fourth-order valence-electron chi connectivity index (χ4n) is 9.99. The number of hydrogen-bond acceptors (Lipinski definition) is 13. The second-order valence-corrected chi connectivity index (χ2v) is 21.4. The predicted molar refractivity (Wildman–Crippen MR) is 327 cm³/mol. The Kier molecular flexibility index (Phi) is 16.7. The molecule has 0 aliphatic rings. The zero-order valence-corrected chi connectivity index (χ0v) is 47.7. The van der Waals surface area contributed by atoms with Gasteiger partial charge in [0.1, 0.15) is 63.1 Å². The standard InChI is InChI=1S/C22H24N4O.C21H23N5O.C21H22N4O.CH4/c1-4-5-13-23-22-21(24-19-8-6-7-14-26(19)22)18-11-9-17(10-12-18)20-15(2)25-27-16(20)3;1-13-17(14(2)27-25-13)15-7-9-16(10-8-15)18-19(24-21(3,4)5)26-12-6-11-22-20(26)23-18;1-13(2)22-21-20(23-18-7-5-6-12-25(18)21)17-10-8-16(9-11-17)19-14(3)24-26-15(19)4;/h6-12,14,23H,4-5,13H2,1-3H3;6-12,24H,1-5H3;5-13,22H,1-4H3;1H4. The minimum atomic E-state index is -0.100. The molecule has 0 bridgehead atoms. The Balaban J connectivity index is 0.000000146. The number of aryl methyl sites for hydroxylation is 6. The van der Waals surface area contributed by atoms with E-state index in [4.69, 9.17) is 28.5 Å². The van der Waals surface area contributed by atoms with Crippen molar-refractivity contribution in [1.29, 1.82) is 0 Å². The van der Waals surface area contributed by atoms with Gasteiger partial charge in [-0.15, -0.1) is 0 Å². The number of anilines is 3. The van der Waals surface area contributed by atoms with E-state index < -0.39 is 0 Å². The van der Waals surface area contributed by atoms with Gasteiger partial charge in [0.05, 0.1) is 17.1 Å². The molecule has 12 rings (SSSR count). The third-order valence-electron chi connectivity index (χ3n) is 13.6. The molecule has 9 aromatic heterocycles. The predicted octanol–water partition coefficient (Wildman–Crippen LogP) is 16.1. The maximum Gasteiger partial charge on any atom is 0.235 e. The van der Waals surface area contributed by atoms with Gasteiger partial charge in [0.2, 0.25) is 5.78 Å². The maximum absolute atomic E-state index is 5.30. The lowest BCUT2D eigenvalue weighted by atomic mass is 10.0. The van der Waals surface area contributed by atoms with E-state index in [9.17, 15) is 0 Å². The highest BCUT2D eigenvalue weighted by atomic mass is 16.5. The molecule has 0 radical (unpaired) electrons. The number of nitrogens with zero attached hydrogens (tertiary/aromatic N) is 10. The summed E-state index contributed by atoms with van der Waals surface area (Å²) in [5.41, 5.74) is 17.0. The summed E-state index contributed by atoms with van der Waals surface area (Å²) in [7, 11) is 0. The molecule has 12 aromatic rings. The summed E-state index contributed by atoms with van der Waals surface area (Å²) < 4.78 is 22.1. The summed E-state index contributed by atoms with van der Waals surface area (Å²) in [4.78, 5) is 18.8. The van der Waals surface area contributed by atoms with Crippen LogP contribution in [0.25, 0.3) is 84.2 Å². The highest BCUT2D eigenvalue weighted by Gasteiger charge is 2.22. The Morgan fingerprint density at radius 1 is 0.494 bits per heavy atom. The van der Waals surface area contributed by atoms with Gasteiger partial charge in [0.15, 0.2) is 0 Å². The summed E-state index contributed by atoms with van der Waals surface area (Å²) in [5, 5.41) is 22.8. The van der Waals surface area contributed by atoms with Crippen LogP contribution in [0, 0.1) is 41.5 Å². The first-order valence-electron chi connectivity index (χ1n) is 27.2. The molecule has 16 heteroatoms. The number of aromatic nitrogens is 10. The van der Waals surface area contributed by atoms with Crippen molar-refractivity contribution in [3.8, 4) is 67.2 Å². The van der Waals surface area contributed by atoms with Gasteiger partial charge in [0, 0.05) is 76.3 Å². The van der Waals surface area contributed by atoms with Crippen LogP contribution >= 0.6 is 0 Å². The SMILES string of the molecule is C.CCCCNc1c(-c2ccc(-c3c(C)noc3C)cc2)nc2ccccn12.Cc1noc(C)c1-c1ccc(-c2nc3ccccn3c2NC(C)C)cc1.Cc1noc(C)c1-c1ccc(-c2nc3ncccn3c2NC(C)(C)C)cc1. The molecule has 0 aliphatic carbocycles. The highest BCUT2D eigenvalue weighted by molar-refractivity contribution is 5.82. The molecule has 16 nitrogen and oxygen atoms in total. The van der Waals surface area contributed by atoms with Gasteiger partial charge in [-0.25, -0.2) is 19.9 Å². The van der Waals surface area contributed by atoms with Crippen molar-refractivity contribution in [2.75, 3.05) is 22.5 Å². The minimum Gasteiger partial charge on any atom is -0.369 e. The van der Waals surface area contributed by atoms with E-state index in [0.717, 1.165) is 150 Å². The summed E-state index contributed by atoms with van der Waals surface area (Å²) in [6, 6.07) is 39.6. The van der Waals surface area contributed by atoms with Gasteiger partial charge >= 0.3 is 0 Å². The average molecular weight is 1080 g/mol. The monoisotopic (exact) mass is 1080 g/mol. The van der Waals surface area contributed by atoms with Crippen LogP contribution < -0.4 is 16.0 Å². The number of rotatable bonds is 13. The fraction of sp³-hybridized carbons (Fsp3) is 0.277. The fourth-order valence-corrected chi connectivity index (χ4v) is 9.99. The van der Waals surface area contributed by atoms with Gasteiger partial charge < -0.3 is 29.5 Å². The Morgan fingerprint density at radius 3 is 1.31 bits per heavy atom. The van der Waals surface area contributed by atoms with Crippen LogP contribution in [0.1, 0.15) is 96.2 Å². The number of fused-ring (bicyclic) bond motifs is 3. The Morgan fingerprint density at radius 2 is 0.901 bits per heavy atom. The molecule has 0 atom stereocenters. The quantitative estimate of drug-likeness (QED) is 0.0930. The lowest BCUT2D eigenvalue weighted by Crippen LogP contribution is -2.27. The van der Waals surface area contributed by atoms with Crippen LogP contribution in [-0.2, 0) is 0 Å². The Hall–Kier alpha value is -9.31. The van der Waals surface area contributed by atoms with E-state index >= 15 is 0 Å². The smallest absolute Gasteiger partial charge is 0.235 e. The van der Waals surface area contributed by atoms with Gasteiger partial charge in [0.25, 0.3) is 0 Å². The second-order valence-electron chi connectivity index (χ2n) is 21.4. The number of benzene rings is 3. The molecular weight excluding hydrogens is 1010 g/mol. The zero-order chi connectivity index (χ0) is 56.2. The topological polar surface area (TPSA) is 179 Å². The van der Waals surface area contributed by atoms with Crippen LogP contribution in [-0.4, -0.2) is 66.7 Å². The molecule has 0 amide bonds. The number of pyridine rings is 2. The lowest BCUT2D eigenvalue weighted by molar-refractivity contribution is 0.393. The van der Waals surface area contributed by atoms with E-state index in [-0.39, 0.29) is 13.0 Å². The first-order valence-corrected chi connectivity index (χ1v) is 27.2. The van der Waals surface area contributed by atoms with Gasteiger partial charge in [-0.3, -0.25) is 13.2 Å². The summed E-state index contributed by atoms with van der Waals surface area (Å²) in [6.07, 6.45) is 10.1. The average Bonchev–Trinajstić information content (AvgIpc) is 4.36. The minimum absolute atomic E-state index is 0. The van der Waals surface area contributed by atoms with Crippen LogP contribution in [0.15, 0.2) is 154 Å². The largest absolute Gasteiger partial charge is 0.369 e. The normalized spacial score (nSPS) is 11.4. The molecule has 0 saturated carbocycles. The van der Waals surface area contributed by atoms with Crippen molar-refractivity contribution in [1.82, 2.24) is 48.6 Å². The molecule has 0 saturated heterocycles. The van der Waals surface area contributed by atoms with Gasteiger partial charge in [-0.05, 0) is 130 Å². The molecule has 0 fully saturated rings. The van der Waals surface area contributed by atoms with Crippen molar-refractivity contribution >= 4 is 34.5 Å². The third-order valence-corrected chi connectivity index (χ3v) is 13.6. The first kappa shape index (κ1) is 56.4. The van der Waals surface area contributed by atoms with Crippen LogP contribution in [0.4, 0.5) is 17.5 Å². The molecule has 3 aromatic carbocycles. The lowest BCUT2D eigenvalue weighted by Gasteiger charge is -2.22. The number of unbranched alkanes of at least 4 members (excludes halogenated alkanes) is 1. The van der Waals surface area contributed by atoms with Crippen LogP contribution in [0.3, 0.4) is 0 Å². The van der Waals surface area contributed by atoms with Crippen molar-refractivity contribution in [3.05, 3.63) is 174 Å². The van der Waals surface area contributed by atoms with Crippen LogP contribution in [0.2, 0.25) is 0 Å². The van der Waals surface area contributed by atoms with Crippen molar-refractivity contribution < 1.29 is 13.6 Å². The molecule has 9 heterocycles. The van der Waals surface area contributed by atoms with Gasteiger partial charge in [-0.2, -0.15) is 0 Å². The maximum atomic E-state index is 5.30. The van der Waals surface area contributed by atoms with E-state index in [1.165, 1.54) is 0 Å². The molecule has 81 heavy (non-hydrogen) atoms. The summed E-state index contributed by atoms with van der Waals surface area (Å²) >= 11 is 0. The van der Waals surface area contributed by atoms with Crippen molar-refractivity contribution in [2.24, 2.45) is 0 Å². The van der Waals surface area contributed by atoms with Crippen molar-refractivity contribution in [2.45, 2.75) is 115 Å².